The van der Waals surface area contributed by atoms with E-state index in [2.05, 4.69) is 50.7 Å². The van der Waals surface area contributed by atoms with E-state index in [-0.39, 0.29) is 11.5 Å². The molecule has 0 amide bonds. The summed E-state index contributed by atoms with van der Waals surface area (Å²) in [7, 11) is 1.91. The normalized spacial score (nSPS) is 13.7. The van der Waals surface area contributed by atoms with E-state index in [4.69, 9.17) is 0 Å². The van der Waals surface area contributed by atoms with Crippen molar-refractivity contribution >= 4 is 0 Å². The van der Waals surface area contributed by atoms with Crippen LogP contribution in [0.1, 0.15) is 51.9 Å². The summed E-state index contributed by atoms with van der Waals surface area (Å²) >= 11 is 0. The van der Waals surface area contributed by atoms with Gasteiger partial charge < -0.3 is 0 Å². The molecule has 1 aromatic heterocycles. The molecule has 1 heterocycles. The second kappa shape index (κ2) is 5.53. The lowest BCUT2D eigenvalue weighted by molar-refractivity contribution is 0.260. The van der Waals surface area contributed by atoms with E-state index in [9.17, 15) is 5.26 Å². The Labute approximate surface area is 110 Å². The largest absolute Gasteiger partial charge is 0.285 e. The topological polar surface area (TPSA) is 44.9 Å². The minimum absolute atomic E-state index is 0.0428. The lowest BCUT2D eigenvalue weighted by Gasteiger charge is -2.26. The third kappa shape index (κ3) is 2.91. The Morgan fingerprint density at radius 2 is 1.94 bits per heavy atom. The Kier molecular flexibility index (Phi) is 4.53. The first-order valence-electron chi connectivity index (χ1n) is 6.52. The summed E-state index contributed by atoms with van der Waals surface area (Å²) in [5, 5.41) is 14.0. The van der Waals surface area contributed by atoms with Crippen LogP contribution in [0.4, 0.5) is 0 Å². The van der Waals surface area contributed by atoms with E-state index in [0.717, 1.165) is 24.3 Å². The number of aryl methyl sites for hydroxylation is 1. The van der Waals surface area contributed by atoms with Crippen molar-refractivity contribution in [2.24, 2.45) is 7.05 Å². The van der Waals surface area contributed by atoms with E-state index in [0.29, 0.717) is 0 Å². The van der Waals surface area contributed by atoms with Crippen molar-refractivity contribution in [1.82, 2.24) is 14.7 Å². The summed E-state index contributed by atoms with van der Waals surface area (Å²) in [5.41, 5.74) is 2.01. The van der Waals surface area contributed by atoms with Crippen molar-refractivity contribution in [1.29, 1.82) is 5.26 Å². The summed E-state index contributed by atoms with van der Waals surface area (Å²) in [6.45, 7) is 12.3. The molecule has 1 aromatic rings. The van der Waals surface area contributed by atoms with Crippen molar-refractivity contribution in [2.75, 3.05) is 13.1 Å². The highest BCUT2D eigenvalue weighted by atomic mass is 15.3. The van der Waals surface area contributed by atoms with Crippen LogP contribution in [0.3, 0.4) is 0 Å². The highest BCUT2D eigenvalue weighted by molar-refractivity contribution is 5.31. The molecule has 0 N–H and O–H groups in total. The van der Waals surface area contributed by atoms with Crippen LogP contribution in [-0.2, 0) is 12.5 Å². The van der Waals surface area contributed by atoms with Crippen molar-refractivity contribution < 1.29 is 0 Å². The van der Waals surface area contributed by atoms with Gasteiger partial charge in [0, 0.05) is 24.2 Å². The van der Waals surface area contributed by atoms with Gasteiger partial charge in [0.25, 0.3) is 0 Å². The van der Waals surface area contributed by atoms with Gasteiger partial charge in [-0.05, 0) is 13.1 Å². The third-order valence-corrected chi connectivity index (χ3v) is 3.16. The zero-order chi connectivity index (χ0) is 13.9. The maximum atomic E-state index is 9.48. The summed E-state index contributed by atoms with van der Waals surface area (Å²) in [6.07, 6.45) is 1.98. The monoisotopic (exact) mass is 248 g/mol. The number of hydrogen-bond acceptors (Lipinski definition) is 3. The highest BCUT2D eigenvalue weighted by Gasteiger charge is 2.28. The summed E-state index contributed by atoms with van der Waals surface area (Å²) in [6, 6.07) is 2.21. The molecule has 100 valence electrons. The first-order chi connectivity index (χ1) is 8.35. The first kappa shape index (κ1) is 14.7. The van der Waals surface area contributed by atoms with Gasteiger partial charge in [-0.2, -0.15) is 10.4 Å². The van der Waals surface area contributed by atoms with Gasteiger partial charge in [-0.1, -0.05) is 34.6 Å². The molecule has 0 spiro atoms. The number of rotatable bonds is 4. The van der Waals surface area contributed by atoms with E-state index in [1.807, 2.05) is 17.9 Å². The van der Waals surface area contributed by atoms with Crippen molar-refractivity contribution in [3.8, 4) is 6.07 Å². The standard InChI is InChI=1S/C14H24N4/c1-7-18(8-2)12(9-15)11-10-17(6)16-13(11)14(3,4)5/h10,12H,7-8H2,1-6H3. The van der Waals surface area contributed by atoms with Crippen molar-refractivity contribution in [3.05, 3.63) is 17.5 Å². The van der Waals surface area contributed by atoms with Gasteiger partial charge in [-0.25, -0.2) is 0 Å². The molecule has 1 atom stereocenters. The van der Waals surface area contributed by atoms with E-state index in [1.165, 1.54) is 0 Å². The Balaban J connectivity index is 3.26. The Morgan fingerprint density at radius 3 is 2.33 bits per heavy atom. The molecule has 0 aliphatic heterocycles. The summed E-state index contributed by atoms with van der Waals surface area (Å²) < 4.78 is 1.81. The van der Waals surface area contributed by atoms with Crippen LogP contribution in [-0.4, -0.2) is 27.8 Å². The minimum Gasteiger partial charge on any atom is -0.285 e. The van der Waals surface area contributed by atoms with Crippen molar-refractivity contribution in [3.63, 3.8) is 0 Å². The van der Waals surface area contributed by atoms with Gasteiger partial charge >= 0.3 is 0 Å². The Bertz CT molecular complexity index is 430. The average molecular weight is 248 g/mol. The molecule has 4 nitrogen and oxygen atoms in total. The number of aromatic nitrogens is 2. The van der Waals surface area contributed by atoms with Gasteiger partial charge in [0.1, 0.15) is 6.04 Å². The molecule has 0 radical (unpaired) electrons. The van der Waals surface area contributed by atoms with E-state index >= 15 is 0 Å². The quantitative estimate of drug-likeness (QED) is 0.822. The van der Waals surface area contributed by atoms with Crippen LogP contribution in [0.2, 0.25) is 0 Å². The molecule has 1 unspecified atom stereocenters. The van der Waals surface area contributed by atoms with Gasteiger partial charge in [-0.3, -0.25) is 9.58 Å². The molecular formula is C14H24N4. The van der Waals surface area contributed by atoms with E-state index in [1.54, 1.807) is 0 Å². The third-order valence-electron chi connectivity index (χ3n) is 3.16. The predicted octanol–water partition coefficient (Wildman–Crippen LogP) is 2.62. The van der Waals surface area contributed by atoms with E-state index < -0.39 is 0 Å². The maximum absolute atomic E-state index is 9.48. The lowest BCUT2D eigenvalue weighted by Crippen LogP contribution is -2.29. The zero-order valence-corrected chi connectivity index (χ0v) is 12.4. The van der Waals surface area contributed by atoms with Gasteiger partial charge in [-0.15, -0.1) is 0 Å². The molecule has 0 fully saturated rings. The van der Waals surface area contributed by atoms with Gasteiger partial charge in [0.2, 0.25) is 0 Å². The number of hydrogen-bond donors (Lipinski definition) is 0. The molecule has 1 rings (SSSR count). The lowest BCUT2D eigenvalue weighted by atomic mass is 9.87. The molecule has 0 aromatic carbocycles. The fourth-order valence-corrected chi connectivity index (χ4v) is 2.23. The minimum atomic E-state index is -0.206. The molecule has 0 bridgehead atoms. The average Bonchev–Trinajstić information content (AvgIpc) is 2.67. The molecule has 4 heteroatoms. The van der Waals surface area contributed by atoms with Crippen LogP contribution < -0.4 is 0 Å². The zero-order valence-electron chi connectivity index (χ0n) is 12.4. The molecule has 0 saturated carbocycles. The fourth-order valence-electron chi connectivity index (χ4n) is 2.23. The van der Waals surface area contributed by atoms with Crippen LogP contribution in [0.5, 0.6) is 0 Å². The Morgan fingerprint density at radius 1 is 1.39 bits per heavy atom. The molecule has 18 heavy (non-hydrogen) atoms. The van der Waals surface area contributed by atoms with Crippen LogP contribution in [0.25, 0.3) is 0 Å². The second-order valence-corrected chi connectivity index (χ2v) is 5.61. The summed E-state index contributed by atoms with van der Waals surface area (Å²) in [4.78, 5) is 2.16. The maximum Gasteiger partial charge on any atom is 0.127 e. The fraction of sp³-hybridized carbons (Fsp3) is 0.714. The molecule has 0 aliphatic carbocycles. The number of nitriles is 1. The molecular weight excluding hydrogens is 224 g/mol. The highest BCUT2D eigenvalue weighted by Crippen LogP contribution is 2.30. The Hall–Kier alpha value is -1.34. The molecule has 0 saturated heterocycles. The predicted molar refractivity (Wildman–Crippen MR) is 73.2 cm³/mol. The van der Waals surface area contributed by atoms with Crippen LogP contribution in [0.15, 0.2) is 6.20 Å². The first-order valence-corrected chi connectivity index (χ1v) is 6.52. The SMILES string of the molecule is CCN(CC)C(C#N)c1cn(C)nc1C(C)(C)C. The van der Waals surface area contributed by atoms with Crippen molar-refractivity contribution in [2.45, 2.75) is 46.1 Å². The summed E-state index contributed by atoms with van der Waals surface area (Å²) in [5.74, 6) is 0. The molecule has 0 aliphatic rings. The van der Waals surface area contributed by atoms with Gasteiger partial charge in [0.15, 0.2) is 0 Å². The van der Waals surface area contributed by atoms with Crippen LogP contribution in [0, 0.1) is 11.3 Å². The van der Waals surface area contributed by atoms with Gasteiger partial charge in [0.05, 0.1) is 11.8 Å². The smallest absolute Gasteiger partial charge is 0.127 e. The second-order valence-electron chi connectivity index (χ2n) is 5.61. The van der Waals surface area contributed by atoms with Crippen LogP contribution >= 0.6 is 0 Å². The number of nitrogens with zero attached hydrogens (tertiary/aromatic N) is 4.